The van der Waals surface area contributed by atoms with E-state index in [2.05, 4.69) is 36.1 Å². The van der Waals surface area contributed by atoms with Crippen molar-refractivity contribution in [2.45, 2.75) is 78.1 Å². The monoisotopic (exact) mass is 590 g/mol. The zero-order valence-corrected chi connectivity index (χ0v) is 25.5. The van der Waals surface area contributed by atoms with Crippen molar-refractivity contribution in [2.75, 3.05) is 31.5 Å². The lowest BCUT2D eigenvalue weighted by Crippen LogP contribution is -2.49. The van der Waals surface area contributed by atoms with Gasteiger partial charge in [0.25, 0.3) is 0 Å². The summed E-state index contributed by atoms with van der Waals surface area (Å²) in [7, 11) is 0. The lowest BCUT2D eigenvalue weighted by atomic mass is 9.97. The van der Waals surface area contributed by atoms with E-state index in [1.165, 1.54) is 11.6 Å². The Balaban J connectivity index is 1.17. The summed E-state index contributed by atoms with van der Waals surface area (Å²) in [6.45, 7) is 14.1. The topological polar surface area (TPSA) is 95.2 Å². The predicted octanol–water partition coefficient (Wildman–Crippen LogP) is 5.39. The number of imidazole rings is 1. The third-order valence-corrected chi connectivity index (χ3v) is 8.46. The van der Waals surface area contributed by atoms with Crippen LogP contribution in [0.5, 0.6) is 0 Å². The van der Waals surface area contributed by atoms with E-state index in [1.54, 1.807) is 6.07 Å². The molecule has 0 radical (unpaired) electrons. The molecule has 0 spiro atoms. The normalized spacial score (nSPS) is 17.1. The fourth-order valence-corrected chi connectivity index (χ4v) is 6.61. The summed E-state index contributed by atoms with van der Waals surface area (Å²) in [4.78, 5) is 22.7. The van der Waals surface area contributed by atoms with Gasteiger partial charge in [-0.3, -0.25) is 4.90 Å². The van der Waals surface area contributed by atoms with Gasteiger partial charge in [0.1, 0.15) is 22.9 Å². The minimum absolute atomic E-state index is 0.00894. The Morgan fingerprint density at radius 3 is 2.53 bits per heavy atom. The first kappa shape index (κ1) is 29.5. The van der Waals surface area contributed by atoms with E-state index in [9.17, 15) is 9.50 Å². The van der Waals surface area contributed by atoms with Gasteiger partial charge in [-0.15, -0.1) is 0 Å². The van der Waals surface area contributed by atoms with Gasteiger partial charge >= 0.3 is 0 Å². The smallest absolute Gasteiger partial charge is 0.229 e. The minimum atomic E-state index is -0.668. The third kappa shape index (κ3) is 6.25. The van der Waals surface area contributed by atoms with E-state index in [-0.39, 0.29) is 23.2 Å². The van der Waals surface area contributed by atoms with Crippen LogP contribution in [0.4, 0.5) is 20.5 Å². The first-order valence-corrected chi connectivity index (χ1v) is 15.1. The summed E-state index contributed by atoms with van der Waals surface area (Å²) in [6, 6.07) is 7.58. The number of nitrogens with one attached hydrogen (secondary N) is 1. The molecule has 43 heavy (non-hydrogen) atoms. The van der Waals surface area contributed by atoms with Crippen molar-refractivity contribution < 1.29 is 13.9 Å². The van der Waals surface area contributed by atoms with Gasteiger partial charge in [0, 0.05) is 49.4 Å². The van der Waals surface area contributed by atoms with Gasteiger partial charge in [-0.2, -0.15) is 0 Å². The predicted molar refractivity (Wildman–Crippen MR) is 163 cm³/mol. The number of fused-ring (bicyclic) bond motifs is 2. The largest absolute Gasteiger partial charge is 0.389 e. The second-order valence-electron chi connectivity index (χ2n) is 12.8. The maximum absolute atomic E-state index is 15.1. The number of pyridine rings is 1. The number of likely N-dealkylation sites (tertiary alicyclic amines) is 1. The van der Waals surface area contributed by atoms with Crippen molar-refractivity contribution in [3.63, 3.8) is 0 Å². The number of aryl methyl sites for hydroxylation is 1. The number of hydrogen-bond donors (Lipinski definition) is 2. The van der Waals surface area contributed by atoms with Crippen LogP contribution in [0.1, 0.15) is 63.7 Å². The fraction of sp³-hybridized carbons (Fsp3) is 0.500. The fourth-order valence-electron chi connectivity index (χ4n) is 6.61. The van der Waals surface area contributed by atoms with Crippen molar-refractivity contribution in [3.05, 3.63) is 59.2 Å². The van der Waals surface area contributed by atoms with Crippen molar-refractivity contribution >= 4 is 22.8 Å². The first-order valence-electron chi connectivity index (χ1n) is 15.1. The number of β-amino-alcohol motifs (C(OH)–C–C–N with tert-alkyl or cyclic N) is 1. The lowest BCUT2D eigenvalue weighted by Gasteiger charge is -2.41. The Kier molecular flexibility index (Phi) is 7.91. The lowest BCUT2D eigenvalue weighted by molar-refractivity contribution is 0.0155. The second kappa shape index (κ2) is 11.5. The van der Waals surface area contributed by atoms with Gasteiger partial charge in [-0.1, -0.05) is 6.07 Å². The molecule has 0 atom stereocenters. The number of aromatic nitrogens is 5. The summed E-state index contributed by atoms with van der Waals surface area (Å²) >= 11 is 0. The van der Waals surface area contributed by atoms with E-state index >= 15 is 4.39 Å². The molecule has 1 aromatic carbocycles. The Morgan fingerprint density at radius 1 is 1.05 bits per heavy atom. The first-order chi connectivity index (χ1) is 20.4. The molecule has 2 aliphatic heterocycles. The Labute approximate surface area is 251 Å². The number of anilines is 2. The molecule has 0 bridgehead atoms. The maximum Gasteiger partial charge on any atom is 0.229 e. The molecule has 228 valence electrons. The molecule has 0 saturated carbocycles. The molecule has 1 fully saturated rings. The number of halogens is 2. The van der Waals surface area contributed by atoms with Gasteiger partial charge in [0.15, 0.2) is 11.6 Å². The maximum atomic E-state index is 15.1. The molecule has 6 rings (SSSR count). The molecule has 11 heteroatoms. The molecular formula is C32H40F2N8O. The average Bonchev–Trinajstić information content (AvgIpc) is 3.30. The number of rotatable bonds is 7. The number of nitrogens with zero attached hydrogens (tertiary/aromatic N) is 7. The Hall–Kier alpha value is -3.54. The number of aliphatic hydroxyl groups is 1. The van der Waals surface area contributed by atoms with Crippen LogP contribution in [-0.4, -0.2) is 77.2 Å². The van der Waals surface area contributed by atoms with Crippen molar-refractivity contribution in [1.29, 1.82) is 0 Å². The molecule has 5 heterocycles. The third-order valence-electron chi connectivity index (χ3n) is 8.46. The van der Waals surface area contributed by atoms with E-state index in [1.807, 2.05) is 45.3 Å². The van der Waals surface area contributed by atoms with Crippen LogP contribution in [0.2, 0.25) is 0 Å². The van der Waals surface area contributed by atoms with Crippen LogP contribution in [0.25, 0.3) is 22.3 Å². The van der Waals surface area contributed by atoms with Crippen molar-refractivity contribution in [1.82, 2.24) is 34.3 Å². The summed E-state index contributed by atoms with van der Waals surface area (Å²) in [5.41, 5.74) is 2.76. The molecular weight excluding hydrogens is 550 g/mol. The zero-order chi connectivity index (χ0) is 30.5. The Bertz CT molecular complexity index is 1640. The molecule has 2 aliphatic rings. The molecule has 9 nitrogen and oxygen atoms in total. The van der Waals surface area contributed by atoms with Gasteiger partial charge < -0.3 is 19.9 Å². The highest BCUT2D eigenvalue weighted by Gasteiger charge is 2.29. The van der Waals surface area contributed by atoms with Crippen LogP contribution in [0.15, 0.2) is 30.5 Å². The molecule has 0 aliphatic carbocycles. The molecule has 1 saturated heterocycles. The molecule has 2 N–H and O–H groups in total. The van der Waals surface area contributed by atoms with Crippen LogP contribution in [0, 0.1) is 18.6 Å². The molecule has 3 aromatic heterocycles. The number of hydrogen-bond acceptors (Lipinski definition) is 8. The summed E-state index contributed by atoms with van der Waals surface area (Å²) in [5.74, 6) is 0.308. The quantitative estimate of drug-likeness (QED) is 0.296. The van der Waals surface area contributed by atoms with E-state index in [0.29, 0.717) is 35.3 Å². The van der Waals surface area contributed by atoms with Gasteiger partial charge in [-0.25, -0.2) is 28.7 Å². The van der Waals surface area contributed by atoms with Crippen LogP contribution in [0.3, 0.4) is 0 Å². The van der Waals surface area contributed by atoms with Gasteiger partial charge in [0.2, 0.25) is 5.95 Å². The number of benzene rings is 1. The van der Waals surface area contributed by atoms with Crippen molar-refractivity contribution in [2.24, 2.45) is 0 Å². The summed E-state index contributed by atoms with van der Waals surface area (Å²) in [5, 5.41) is 13.3. The standard InChI is InChI=1S/C32H40F2N8O/c1-19(2)42-20(3)36-30-24(33)14-22(15-27(30)42)29-25(34)16-35-31(39-29)38-28-7-6-21-17-41(13-10-26(21)37-28)23-8-11-40(12-9-23)18-32(4,5)43/h6-7,14-16,19,23,43H,8-13,17-18H2,1-5H3,(H,35,37,38,39). The van der Waals surface area contributed by atoms with Crippen molar-refractivity contribution in [3.8, 4) is 11.3 Å². The highest BCUT2D eigenvalue weighted by atomic mass is 19.1. The van der Waals surface area contributed by atoms with Crippen LogP contribution < -0.4 is 5.32 Å². The Morgan fingerprint density at radius 2 is 1.81 bits per heavy atom. The molecule has 0 amide bonds. The van der Waals surface area contributed by atoms with Crippen LogP contribution >= 0.6 is 0 Å². The minimum Gasteiger partial charge on any atom is -0.389 e. The van der Waals surface area contributed by atoms with Crippen LogP contribution in [-0.2, 0) is 13.0 Å². The van der Waals surface area contributed by atoms with Gasteiger partial charge in [-0.05, 0) is 84.3 Å². The highest BCUT2D eigenvalue weighted by molar-refractivity contribution is 5.83. The summed E-state index contributed by atoms with van der Waals surface area (Å²) in [6.07, 6.45) is 4.13. The average molecular weight is 591 g/mol. The van der Waals surface area contributed by atoms with E-state index < -0.39 is 17.2 Å². The number of piperidine rings is 1. The zero-order valence-electron chi connectivity index (χ0n) is 25.5. The highest BCUT2D eigenvalue weighted by Crippen LogP contribution is 2.31. The molecule has 0 unspecified atom stereocenters. The molecule has 4 aromatic rings. The van der Waals surface area contributed by atoms with E-state index in [0.717, 1.165) is 57.3 Å². The van der Waals surface area contributed by atoms with Gasteiger partial charge in [0.05, 0.1) is 17.3 Å². The summed E-state index contributed by atoms with van der Waals surface area (Å²) < 4.78 is 32.0. The SMILES string of the molecule is Cc1nc2c(F)cc(-c3nc(Nc4ccc5c(n4)CCN(C4CCN(CC(C)(C)O)CC4)C5)ncc3F)cc2n1C(C)C. The second-order valence-corrected chi connectivity index (χ2v) is 12.8. The van der Waals surface area contributed by atoms with E-state index in [4.69, 9.17) is 4.98 Å².